The molecule has 0 unspecified atom stereocenters. The molecule has 8 nitrogen and oxygen atoms in total. The summed E-state index contributed by atoms with van der Waals surface area (Å²) in [5, 5.41) is 13.4. The van der Waals surface area contributed by atoms with Crippen molar-refractivity contribution in [2.75, 3.05) is 17.1 Å². The van der Waals surface area contributed by atoms with Crippen LogP contribution in [-0.2, 0) is 27.5 Å². The first kappa shape index (κ1) is 23.1. The van der Waals surface area contributed by atoms with Crippen molar-refractivity contribution < 1.29 is 31.3 Å². The first-order valence-corrected chi connectivity index (χ1v) is 10.3. The van der Waals surface area contributed by atoms with Gasteiger partial charge in [0.25, 0.3) is 5.69 Å². The van der Waals surface area contributed by atoms with E-state index in [9.17, 15) is 36.5 Å². The Morgan fingerprint density at radius 1 is 1.20 bits per heavy atom. The van der Waals surface area contributed by atoms with Crippen LogP contribution in [0.2, 0.25) is 0 Å². The number of sulfonamides is 1. The van der Waals surface area contributed by atoms with E-state index >= 15 is 0 Å². The van der Waals surface area contributed by atoms with Crippen LogP contribution in [-0.4, -0.2) is 32.0 Å². The SMILES string of the molecule is Cc1ccc([N+](=O)[O-])cc1N(CC(=O)NCc1cccc(C(F)(F)F)c1)S(C)(=O)=O. The molecular weight excluding hydrogens is 427 g/mol. The fourth-order valence-electron chi connectivity index (χ4n) is 2.61. The predicted octanol–water partition coefficient (Wildman–Crippen LogP) is 3.00. The summed E-state index contributed by atoms with van der Waals surface area (Å²) in [6, 6.07) is 7.94. The summed E-state index contributed by atoms with van der Waals surface area (Å²) in [5.41, 5.74) is -0.707. The molecule has 162 valence electrons. The number of nitro benzene ring substituents is 1. The third-order valence-electron chi connectivity index (χ3n) is 4.10. The summed E-state index contributed by atoms with van der Waals surface area (Å²) in [7, 11) is -3.99. The van der Waals surface area contributed by atoms with Gasteiger partial charge in [0.15, 0.2) is 0 Å². The number of carbonyl (C=O) groups is 1. The maximum Gasteiger partial charge on any atom is 0.416 e. The predicted molar refractivity (Wildman–Crippen MR) is 103 cm³/mol. The third-order valence-corrected chi connectivity index (χ3v) is 5.23. The van der Waals surface area contributed by atoms with Gasteiger partial charge in [-0.3, -0.25) is 19.2 Å². The van der Waals surface area contributed by atoms with Crippen molar-refractivity contribution in [2.45, 2.75) is 19.6 Å². The van der Waals surface area contributed by atoms with Crippen LogP contribution in [0, 0.1) is 17.0 Å². The smallest absolute Gasteiger partial charge is 0.350 e. The number of nitrogens with one attached hydrogen (secondary N) is 1. The molecule has 0 aliphatic carbocycles. The maximum atomic E-state index is 12.8. The highest BCUT2D eigenvalue weighted by atomic mass is 32.2. The molecule has 30 heavy (non-hydrogen) atoms. The van der Waals surface area contributed by atoms with Crippen LogP contribution < -0.4 is 9.62 Å². The molecule has 0 saturated heterocycles. The molecule has 0 atom stereocenters. The molecule has 12 heteroatoms. The summed E-state index contributed by atoms with van der Waals surface area (Å²) in [6.45, 7) is 0.575. The lowest BCUT2D eigenvalue weighted by Gasteiger charge is -2.23. The Morgan fingerprint density at radius 3 is 2.43 bits per heavy atom. The number of rotatable bonds is 7. The molecule has 0 bridgehead atoms. The molecule has 0 aliphatic rings. The summed E-state index contributed by atoms with van der Waals surface area (Å²) in [4.78, 5) is 22.6. The van der Waals surface area contributed by atoms with E-state index in [2.05, 4.69) is 5.32 Å². The number of hydrogen-bond acceptors (Lipinski definition) is 5. The Balaban J connectivity index is 2.20. The van der Waals surface area contributed by atoms with Gasteiger partial charge in [-0.1, -0.05) is 18.2 Å². The topological polar surface area (TPSA) is 110 Å². The standard InChI is InChI=1S/C18H18F3N3O5S/c1-12-6-7-15(24(26)27)9-16(12)23(30(2,28)29)11-17(25)22-10-13-4-3-5-14(8-13)18(19,20)21/h3-9H,10-11H2,1-2H3,(H,22,25). The number of anilines is 1. The molecule has 2 aromatic rings. The van der Waals surface area contributed by atoms with E-state index in [0.29, 0.717) is 9.87 Å². The Bertz CT molecular complexity index is 1070. The molecule has 0 fully saturated rings. The second-order valence-corrected chi connectivity index (χ2v) is 8.38. The van der Waals surface area contributed by atoms with Gasteiger partial charge in [-0.2, -0.15) is 13.2 Å². The number of aryl methyl sites for hydroxylation is 1. The quantitative estimate of drug-likeness (QED) is 0.521. The van der Waals surface area contributed by atoms with E-state index in [-0.39, 0.29) is 23.5 Å². The number of nitrogens with zero attached hydrogens (tertiary/aromatic N) is 2. The van der Waals surface area contributed by atoms with Crippen LogP contribution in [0.4, 0.5) is 24.5 Å². The zero-order valence-corrected chi connectivity index (χ0v) is 16.7. The average Bonchev–Trinajstić information content (AvgIpc) is 2.63. The van der Waals surface area contributed by atoms with Gasteiger partial charge in [0.05, 0.1) is 22.4 Å². The molecule has 0 heterocycles. The van der Waals surface area contributed by atoms with E-state index in [4.69, 9.17) is 0 Å². The van der Waals surface area contributed by atoms with Gasteiger partial charge in [-0.05, 0) is 30.2 Å². The molecule has 0 saturated carbocycles. The molecule has 1 N–H and O–H groups in total. The third kappa shape index (κ3) is 5.92. The molecule has 2 rings (SSSR count). The van der Waals surface area contributed by atoms with Crippen LogP contribution in [0.1, 0.15) is 16.7 Å². The zero-order chi connectivity index (χ0) is 22.7. The van der Waals surface area contributed by atoms with Crippen molar-refractivity contribution in [3.63, 3.8) is 0 Å². The Labute approximate surface area is 170 Å². The maximum absolute atomic E-state index is 12.8. The Hall–Kier alpha value is -3.15. The lowest BCUT2D eigenvalue weighted by molar-refractivity contribution is -0.384. The Morgan fingerprint density at radius 2 is 1.87 bits per heavy atom. The second kappa shape index (κ2) is 8.69. The average molecular weight is 445 g/mol. The Kier molecular flexibility index (Phi) is 6.70. The summed E-state index contributed by atoms with van der Waals surface area (Å²) in [6.07, 6.45) is -3.70. The lowest BCUT2D eigenvalue weighted by Crippen LogP contribution is -2.40. The van der Waals surface area contributed by atoms with E-state index in [0.717, 1.165) is 24.5 Å². The van der Waals surface area contributed by atoms with E-state index < -0.39 is 39.1 Å². The summed E-state index contributed by atoms with van der Waals surface area (Å²) < 4.78 is 63.4. The molecular formula is C18H18F3N3O5S. The minimum atomic E-state index is -4.54. The molecule has 0 radical (unpaired) electrons. The number of hydrogen-bond donors (Lipinski definition) is 1. The largest absolute Gasteiger partial charge is 0.416 e. The van der Waals surface area contributed by atoms with Crippen molar-refractivity contribution in [1.82, 2.24) is 5.32 Å². The zero-order valence-electron chi connectivity index (χ0n) is 15.9. The fourth-order valence-corrected chi connectivity index (χ4v) is 3.51. The van der Waals surface area contributed by atoms with Gasteiger partial charge < -0.3 is 5.32 Å². The van der Waals surface area contributed by atoms with E-state index in [1.807, 2.05) is 0 Å². The van der Waals surface area contributed by atoms with Crippen LogP contribution >= 0.6 is 0 Å². The number of halogens is 3. The molecule has 1 amide bonds. The van der Waals surface area contributed by atoms with Gasteiger partial charge in [-0.15, -0.1) is 0 Å². The first-order valence-electron chi connectivity index (χ1n) is 8.44. The minimum Gasteiger partial charge on any atom is -0.350 e. The van der Waals surface area contributed by atoms with Crippen LogP contribution in [0.25, 0.3) is 0 Å². The number of benzene rings is 2. The highest BCUT2D eigenvalue weighted by Crippen LogP contribution is 2.30. The minimum absolute atomic E-state index is 0.0408. The van der Waals surface area contributed by atoms with Crippen LogP contribution in [0.3, 0.4) is 0 Å². The van der Waals surface area contributed by atoms with E-state index in [1.54, 1.807) is 0 Å². The summed E-state index contributed by atoms with van der Waals surface area (Å²) >= 11 is 0. The monoisotopic (exact) mass is 445 g/mol. The summed E-state index contributed by atoms with van der Waals surface area (Å²) in [5.74, 6) is -0.788. The second-order valence-electron chi connectivity index (χ2n) is 6.47. The van der Waals surface area contributed by atoms with Crippen molar-refractivity contribution in [2.24, 2.45) is 0 Å². The van der Waals surface area contributed by atoms with Crippen molar-refractivity contribution in [3.8, 4) is 0 Å². The number of carbonyl (C=O) groups excluding carboxylic acids is 1. The highest BCUT2D eigenvalue weighted by molar-refractivity contribution is 7.92. The number of alkyl halides is 3. The molecule has 0 aromatic heterocycles. The van der Waals surface area contributed by atoms with Gasteiger partial charge in [-0.25, -0.2) is 8.42 Å². The van der Waals surface area contributed by atoms with Crippen LogP contribution in [0.5, 0.6) is 0 Å². The van der Waals surface area contributed by atoms with Crippen molar-refractivity contribution in [3.05, 3.63) is 69.3 Å². The molecule has 2 aromatic carbocycles. The highest BCUT2D eigenvalue weighted by Gasteiger charge is 2.30. The van der Waals surface area contributed by atoms with Crippen molar-refractivity contribution in [1.29, 1.82) is 0 Å². The van der Waals surface area contributed by atoms with Gasteiger partial charge in [0, 0.05) is 18.7 Å². The fraction of sp³-hybridized carbons (Fsp3) is 0.278. The number of nitro groups is 1. The van der Waals surface area contributed by atoms with Gasteiger partial charge in [0.2, 0.25) is 15.9 Å². The van der Waals surface area contributed by atoms with Crippen LogP contribution in [0.15, 0.2) is 42.5 Å². The molecule has 0 spiro atoms. The molecule has 0 aliphatic heterocycles. The normalized spacial score (nSPS) is 11.8. The number of non-ortho nitro benzene ring substituents is 1. The lowest BCUT2D eigenvalue weighted by atomic mass is 10.1. The van der Waals surface area contributed by atoms with Crippen molar-refractivity contribution >= 4 is 27.3 Å². The first-order chi connectivity index (χ1) is 13.8. The van der Waals surface area contributed by atoms with Gasteiger partial charge in [0.1, 0.15) is 6.54 Å². The van der Waals surface area contributed by atoms with Gasteiger partial charge >= 0.3 is 6.18 Å². The number of amides is 1. The van der Waals surface area contributed by atoms with E-state index in [1.165, 1.54) is 31.2 Å².